The van der Waals surface area contributed by atoms with E-state index in [1.165, 1.54) is 21.9 Å². The van der Waals surface area contributed by atoms with Crippen molar-refractivity contribution < 1.29 is 30.0 Å². The van der Waals surface area contributed by atoms with E-state index in [9.17, 15) is 9.90 Å². The van der Waals surface area contributed by atoms with Gasteiger partial charge >= 0.3 is 0 Å². The number of carbonyl (C=O) groups excluding carboxylic acids is 1. The number of hydrogen-bond acceptors (Lipinski definition) is 4. The van der Waals surface area contributed by atoms with Gasteiger partial charge in [0.05, 0.1) is 16.6 Å². The molecular formula is C42H48IrN3O2-. The van der Waals surface area contributed by atoms with Crippen LogP contribution in [-0.2, 0) is 24.9 Å². The number of carbonyl (C=O) groups is 1. The quantitative estimate of drug-likeness (QED) is 0.0896. The maximum absolute atomic E-state index is 12.1. The Kier molecular flexibility index (Phi) is 12.3. The molecule has 0 aliphatic rings. The third-order valence-electron chi connectivity index (χ3n) is 9.60. The number of rotatable bonds is 9. The average molecular weight is 819 g/mol. The third-order valence-corrected chi connectivity index (χ3v) is 9.60. The largest absolute Gasteiger partial charge is 0.512 e. The van der Waals surface area contributed by atoms with Crippen LogP contribution in [-0.4, -0.2) is 25.3 Å². The Morgan fingerprint density at radius 2 is 1.58 bits per heavy atom. The number of imidazole rings is 1. The van der Waals surface area contributed by atoms with Crippen LogP contribution in [0.5, 0.6) is 0 Å². The Morgan fingerprint density at radius 1 is 0.896 bits per heavy atom. The van der Waals surface area contributed by atoms with Crippen LogP contribution in [0, 0.1) is 24.8 Å². The summed E-state index contributed by atoms with van der Waals surface area (Å²) < 4.78 is 2.23. The zero-order valence-corrected chi connectivity index (χ0v) is 31.9. The molecule has 6 rings (SSSR count). The van der Waals surface area contributed by atoms with Crippen molar-refractivity contribution in [3.8, 4) is 11.3 Å². The minimum absolute atomic E-state index is 0. The fraction of sp³-hybridized carbons (Fsp3) is 0.357. The summed E-state index contributed by atoms with van der Waals surface area (Å²) >= 11 is 0. The molecule has 3 aromatic heterocycles. The number of pyridine rings is 2. The first kappa shape index (κ1) is 37.0. The molecule has 6 heteroatoms. The molecule has 5 nitrogen and oxygen atoms in total. The molecule has 1 N–H and O–H groups in total. The van der Waals surface area contributed by atoms with E-state index in [1.54, 1.807) is 6.92 Å². The summed E-state index contributed by atoms with van der Waals surface area (Å²) in [5.41, 5.74) is 9.15. The molecular weight excluding hydrogens is 771 g/mol. The van der Waals surface area contributed by atoms with Crippen molar-refractivity contribution in [1.29, 1.82) is 0 Å². The second kappa shape index (κ2) is 16.0. The first-order valence-electron chi connectivity index (χ1n) is 17.2. The van der Waals surface area contributed by atoms with Gasteiger partial charge < -0.3 is 5.11 Å². The number of aryl methyl sites for hydroxylation is 1. The summed E-state index contributed by atoms with van der Waals surface area (Å²) in [7, 11) is 0. The maximum atomic E-state index is 12.1. The number of hydrogen-bond donors (Lipinski definition) is 1. The number of aliphatic hydroxyl groups excluding tert-OH is 1. The first-order valence-corrected chi connectivity index (χ1v) is 17.2. The molecule has 0 aliphatic carbocycles. The van der Waals surface area contributed by atoms with Crippen molar-refractivity contribution in [2.45, 2.75) is 87.0 Å². The average Bonchev–Trinajstić information content (AvgIpc) is 3.48. The Labute approximate surface area is 298 Å². The Bertz CT molecular complexity index is 2080. The van der Waals surface area contributed by atoms with Crippen LogP contribution < -0.4 is 0 Å². The number of fused-ring (bicyclic) bond motifs is 6. The van der Waals surface area contributed by atoms with Crippen LogP contribution in [0.3, 0.4) is 0 Å². The summed E-state index contributed by atoms with van der Waals surface area (Å²) in [5.74, 6) is 1.03. The van der Waals surface area contributed by atoms with E-state index in [1.807, 2.05) is 40.0 Å². The van der Waals surface area contributed by atoms with Crippen molar-refractivity contribution in [1.82, 2.24) is 14.4 Å². The molecule has 253 valence electrons. The van der Waals surface area contributed by atoms with Crippen LogP contribution in [0.25, 0.3) is 49.6 Å². The zero-order chi connectivity index (χ0) is 33.8. The Hall–Kier alpha value is -3.86. The van der Waals surface area contributed by atoms with Crippen LogP contribution in [0.15, 0.2) is 84.3 Å². The molecule has 3 aromatic carbocycles. The van der Waals surface area contributed by atoms with Gasteiger partial charge in [0.25, 0.3) is 0 Å². The molecule has 48 heavy (non-hydrogen) atoms. The van der Waals surface area contributed by atoms with E-state index in [-0.39, 0.29) is 37.7 Å². The van der Waals surface area contributed by atoms with Gasteiger partial charge in [0.1, 0.15) is 11.4 Å². The van der Waals surface area contributed by atoms with E-state index in [2.05, 4.69) is 91.9 Å². The molecule has 0 spiro atoms. The summed E-state index contributed by atoms with van der Waals surface area (Å²) in [5, 5.41) is 13.6. The summed E-state index contributed by atoms with van der Waals surface area (Å²) in [4.78, 5) is 21.8. The van der Waals surface area contributed by atoms with Crippen molar-refractivity contribution in [3.63, 3.8) is 0 Å². The maximum Gasteiger partial charge on any atom is 0.164 e. The normalized spacial score (nSPS) is 12.1. The van der Waals surface area contributed by atoms with Gasteiger partial charge in [0, 0.05) is 49.4 Å². The fourth-order valence-electron chi connectivity index (χ4n) is 6.69. The predicted molar refractivity (Wildman–Crippen MR) is 197 cm³/mol. The molecule has 0 saturated heterocycles. The topological polar surface area (TPSA) is 67.5 Å². The van der Waals surface area contributed by atoms with Gasteiger partial charge in [0.15, 0.2) is 5.78 Å². The molecule has 0 bridgehead atoms. The summed E-state index contributed by atoms with van der Waals surface area (Å²) in [6, 6.07) is 27.1. The second-order valence-corrected chi connectivity index (χ2v) is 13.0. The molecule has 0 atom stereocenters. The number of benzene rings is 3. The number of para-hydroxylation sites is 1. The van der Waals surface area contributed by atoms with E-state index in [4.69, 9.17) is 9.97 Å². The smallest absolute Gasteiger partial charge is 0.164 e. The van der Waals surface area contributed by atoms with Gasteiger partial charge in [-0.25, -0.2) is 4.98 Å². The van der Waals surface area contributed by atoms with E-state index >= 15 is 0 Å². The van der Waals surface area contributed by atoms with Gasteiger partial charge in [-0.15, -0.1) is 29.1 Å². The predicted octanol–water partition coefficient (Wildman–Crippen LogP) is 11.3. The van der Waals surface area contributed by atoms with Crippen molar-refractivity contribution in [3.05, 3.63) is 101 Å². The molecule has 3 heterocycles. The van der Waals surface area contributed by atoms with Crippen LogP contribution in [0.1, 0.15) is 91.2 Å². The number of aromatic nitrogens is 3. The number of aliphatic hydroxyl groups is 1. The van der Waals surface area contributed by atoms with E-state index in [0.29, 0.717) is 17.3 Å². The Morgan fingerprint density at radius 3 is 2.25 bits per heavy atom. The van der Waals surface area contributed by atoms with E-state index in [0.717, 1.165) is 64.5 Å². The summed E-state index contributed by atoms with van der Waals surface area (Å²) in [6.45, 7) is 16.5. The first-order chi connectivity index (χ1) is 22.6. The minimum atomic E-state index is 0. The van der Waals surface area contributed by atoms with Crippen LogP contribution in [0.2, 0.25) is 0 Å². The van der Waals surface area contributed by atoms with Crippen LogP contribution in [0.4, 0.5) is 0 Å². The van der Waals surface area contributed by atoms with Gasteiger partial charge in [-0.2, -0.15) is 0 Å². The van der Waals surface area contributed by atoms with Gasteiger partial charge in [-0.05, 0) is 75.1 Å². The fourth-order valence-corrected chi connectivity index (χ4v) is 6.69. The number of ketones is 1. The zero-order valence-electron chi connectivity index (χ0n) is 29.5. The molecule has 6 aromatic rings. The van der Waals surface area contributed by atoms with E-state index < -0.39 is 0 Å². The van der Waals surface area contributed by atoms with Gasteiger partial charge in [0.2, 0.25) is 0 Å². The van der Waals surface area contributed by atoms with Gasteiger partial charge in [-0.1, -0.05) is 88.4 Å². The molecule has 0 aliphatic heterocycles. The third kappa shape index (κ3) is 7.26. The number of nitrogens with zero attached hydrogens (tertiary/aromatic N) is 3. The van der Waals surface area contributed by atoms with Crippen LogP contribution >= 0.6 is 0 Å². The van der Waals surface area contributed by atoms with Crippen molar-refractivity contribution in [2.24, 2.45) is 11.8 Å². The SMILES string of the molecule is CCC(CC)C(=O)/C(C)=C(\O)C(CC)CC.Cc1ccc2[c-]c(-c3nccc4nc5ccc6ccccc6n5c34)cc(C(C)C)c2c1.[Ir]. The molecule has 0 unspecified atom stereocenters. The number of Topliss-reactive ketones (excluding diaryl/α,β-unsaturated/α-hetero) is 1. The molecule has 0 fully saturated rings. The number of allylic oxidation sites excluding steroid dienone is 2. The van der Waals surface area contributed by atoms with Crippen molar-refractivity contribution >= 4 is 44.1 Å². The molecule has 0 saturated carbocycles. The van der Waals surface area contributed by atoms with Crippen molar-refractivity contribution in [2.75, 3.05) is 0 Å². The minimum Gasteiger partial charge on any atom is -0.512 e. The second-order valence-electron chi connectivity index (χ2n) is 13.0. The summed E-state index contributed by atoms with van der Waals surface area (Å²) in [6.07, 6.45) is 5.33. The van der Waals surface area contributed by atoms with Gasteiger partial charge in [-0.3, -0.25) is 14.2 Å². The standard InChI is InChI=1S/C28H22N3.C14H26O2.Ir/c1-17(2)22-16-21(15-20-9-8-18(3)14-23(20)22)27-28-24(12-13-29-27)30-26-11-10-19-6-4-5-7-25(19)31(26)28;1-6-11(7-2)13(15)10(5)14(16)12(8-3)9-4;/h4-14,16-17H,1-3H3;11-12,15H,6-9H2,1-5H3;/q-1;;/b;13-10-;. The molecule has 0 amide bonds. The molecule has 1 radical (unpaired) electrons. The Balaban J connectivity index is 0.000000264. The monoisotopic (exact) mass is 819 g/mol.